The van der Waals surface area contributed by atoms with Crippen LogP contribution in [0.4, 0.5) is 0 Å². The van der Waals surface area contributed by atoms with E-state index in [1.54, 1.807) is 31.6 Å². The summed E-state index contributed by atoms with van der Waals surface area (Å²) in [5, 5.41) is 3.90. The number of hydrogen-bond donors (Lipinski definition) is 2. The molecule has 6 nitrogen and oxygen atoms in total. The molecule has 1 fully saturated rings. The van der Waals surface area contributed by atoms with Crippen molar-refractivity contribution in [1.29, 1.82) is 0 Å². The molecule has 3 aromatic rings. The molecule has 2 N–H and O–H groups in total. The maximum absolute atomic E-state index is 13.4. The number of fused-ring (bicyclic) bond motifs is 1. The van der Waals surface area contributed by atoms with Gasteiger partial charge >= 0.3 is 0 Å². The van der Waals surface area contributed by atoms with Crippen molar-refractivity contribution < 1.29 is 14.3 Å². The van der Waals surface area contributed by atoms with E-state index in [0.29, 0.717) is 29.3 Å². The number of pyridine rings is 1. The van der Waals surface area contributed by atoms with E-state index in [0.717, 1.165) is 23.7 Å². The molecule has 6 heteroatoms. The van der Waals surface area contributed by atoms with Crippen molar-refractivity contribution >= 4 is 22.6 Å². The molecule has 1 atom stereocenters. The van der Waals surface area contributed by atoms with Gasteiger partial charge < -0.3 is 15.0 Å². The monoisotopic (exact) mass is 405 g/mol. The highest BCUT2D eigenvalue weighted by Crippen LogP contribution is 2.31. The lowest BCUT2D eigenvalue weighted by Gasteiger charge is -2.23. The van der Waals surface area contributed by atoms with Gasteiger partial charge in [-0.3, -0.25) is 14.6 Å². The van der Waals surface area contributed by atoms with Gasteiger partial charge in [-0.2, -0.15) is 0 Å². The molecule has 156 valence electrons. The molecule has 2 heterocycles. The third kappa shape index (κ3) is 4.22. The highest BCUT2D eigenvalue weighted by Gasteiger charge is 2.32. The van der Waals surface area contributed by atoms with Crippen molar-refractivity contribution in [2.75, 3.05) is 13.7 Å². The number of carbonyl (C=O) groups excluding carboxylic acids is 2. The van der Waals surface area contributed by atoms with Gasteiger partial charge in [-0.1, -0.05) is 19.3 Å². The van der Waals surface area contributed by atoms with Crippen molar-refractivity contribution in [1.82, 2.24) is 15.3 Å². The molecule has 2 aromatic heterocycles. The normalized spacial score (nSPS) is 15.6. The quantitative estimate of drug-likeness (QED) is 0.455. The number of carbonyl (C=O) groups is 2. The van der Waals surface area contributed by atoms with Crippen LogP contribution in [0.25, 0.3) is 10.9 Å². The van der Waals surface area contributed by atoms with Gasteiger partial charge in [-0.05, 0) is 48.6 Å². The number of ketones is 1. The number of amides is 1. The minimum atomic E-state index is -0.931. The Labute approximate surface area is 176 Å². The third-order valence-electron chi connectivity index (χ3n) is 5.99. The zero-order valence-corrected chi connectivity index (χ0v) is 17.2. The summed E-state index contributed by atoms with van der Waals surface area (Å²) in [6, 6.07) is 9.01. The van der Waals surface area contributed by atoms with Crippen molar-refractivity contribution in [2.24, 2.45) is 5.92 Å². The van der Waals surface area contributed by atoms with Crippen LogP contribution in [0.1, 0.15) is 53.9 Å². The van der Waals surface area contributed by atoms with Gasteiger partial charge in [0, 0.05) is 47.7 Å². The molecule has 1 saturated carbocycles. The first-order valence-corrected chi connectivity index (χ1v) is 10.5. The number of nitrogens with one attached hydrogen (secondary N) is 2. The molecule has 0 saturated heterocycles. The van der Waals surface area contributed by atoms with E-state index in [4.69, 9.17) is 4.74 Å². The number of rotatable bonds is 7. The van der Waals surface area contributed by atoms with Gasteiger partial charge in [0.05, 0.1) is 7.11 Å². The zero-order valence-electron chi connectivity index (χ0n) is 17.2. The SMILES string of the molecule is COc1ccc2c(C(C(=O)NCC3CCCCC3)C(=O)c3cccnc3)c[nH]c2c1. The summed E-state index contributed by atoms with van der Waals surface area (Å²) < 4.78 is 5.29. The van der Waals surface area contributed by atoms with E-state index >= 15 is 0 Å². The summed E-state index contributed by atoms with van der Waals surface area (Å²) in [4.78, 5) is 33.9. The first-order chi connectivity index (χ1) is 14.7. The fourth-order valence-corrected chi connectivity index (χ4v) is 4.31. The summed E-state index contributed by atoms with van der Waals surface area (Å²) in [6.07, 6.45) is 10.8. The summed E-state index contributed by atoms with van der Waals surface area (Å²) in [6.45, 7) is 0.617. The Hall–Kier alpha value is -3.15. The minimum absolute atomic E-state index is 0.249. The Balaban J connectivity index is 1.65. The molecule has 0 aliphatic heterocycles. The van der Waals surface area contributed by atoms with Gasteiger partial charge in [0.25, 0.3) is 0 Å². The van der Waals surface area contributed by atoms with Crippen LogP contribution in [0.15, 0.2) is 48.9 Å². The topological polar surface area (TPSA) is 84.1 Å². The van der Waals surface area contributed by atoms with Crippen LogP contribution >= 0.6 is 0 Å². The third-order valence-corrected chi connectivity index (χ3v) is 5.99. The highest BCUT2D eigenvalue weighted by atomic mass is 16.5. The average molecular weight is 405 g/mol. The molecule has 4 rings (SSSR count). The average Bonchev–Trinajstić information content (AvgIpc) is 3.21. The summed E-state index contributed by atoms with van der Waals surface area (Å²) in [5.74, 6) is -0.232. The lowest BCUT2D eigenvalue weighted by atomic mass is 9.88. The largest absolute Gasteiger partial charge is 0.497 e. The van der Waals surface area contributed by atoms with Gasteiger partial charge in [0.2, 0.25) is 5.91 Å². The Morgan fingerprint density at radius 1 is 1.23 bits per heavy atom. The van der Waals surface area contributed by atoms with Crippen LogP contribution in [0.5, 0.6) is 5.75 Å². The summed E-state index contributed by atoms with van der Waals surface area (Å²) >= 11 is 0. The molecule has 1 aliphatic rings. The van der Waals surface area contributed by atoms with Crippen molar-refractivity contribution in [2.45, 2.75) is 38.0 Å². The zero-order chi connectivity index (χ0) is 20.9. The second-order valence-electron chi connectivity index (χ2n) is 7.94. The van der Waals surface area contributed by atoms with Crippen LogP contribution in [0.3, 0.4) is 0 Å². The molecule has 1 aromatic carbocycles. The number of ether oxygens (including phenoxy) is 1. The summed E-state index contributed by atoms with van der Waals surface area (Å²) in [5.41, 5.74) is 1.93. The maximum atomic E-state index is 13.4. The van der Waals surface area contributed by atoms with Crippen LogP contribution in [-0.2, 0) is 4.79 Å². The van der Waals surface area contributed by atoms with E-state index in [2.05, 4.69) is 15.3 Å². The molecule has 1 unspecified atom stereocenters. The minimum Gasteiger partial charge on any atom is -0.497 e. The van der Waals surface area contributed by atoms with E-state index in [-0.39, 0.29) is 11.7 Å². The van der Waals surface area contributed by atoms with E-state index in [1.165, 1.54) is 25.5 Å². The highest BCUT2D eigenvalue weighted by molar-refractivity contribution is 6.16. The van der Waals surface area contributed by atoms with Gasteiger partial charge in [0.15, 0.2) is 5.78 Å². The number of methoxy groups -OCH3 is 1. The second-order valence-corrected chi connectivity index (χ2v) is 7.94. The van der Waals surface area contributed by atoms with Crippen LogP contribution in [0.2, 0.25) is 0 Å². The molecule has 0 radical (unpaired) electrons. The fourth-order valence-electron chi connectivity index (χ4n) is 4.31. The van der Waals surface area contributed by atoms with Crippen LogP contribution in [-0.4, -0.2) is 35.3 Å². The number of benzene rings is 1. The molecular formula is C24H27N3O3. The van der Waals surface area contributed by atoms with Gasteiger partial charge in [-0.25, -0.2) is 0 Å². The molecule has 1 amide bonds. The Bertz CT molecular complexity index is 1020. The number of Topliss-reactive ketones (excluding diaryl/α,β-unsaturated/α-hetero) is 1. The molecular weight excluding hydrogens is 378 g/mol. The van der Waals surface area contributed by atoms with Gasteiger partial charge in [-0.15, -0.1) is 0 Å². The van der Waals surface area contributed by atoms with Gasteiger partial charge in [0.1, 0.15) is 11.7 Å². The fraction of sp³-hybridized carbons (Fsp3) is 0.375. The number of aromatic nitrogens is 2. The maximum Gasteiger partial charge on any atom is 0.235 e. The standard InChI is InChI=1S/C24H27N3O3/c1-30-18-9-10-19-20(15-26-21(19)12-18)22(23(28)17-8-5-11-25-14-17)24(29)27-13-16-6-3-2-4-7-16/h5,8-12,14-16,22,26H,2-4,6-7,13H2,1H3,(H,27,29). The number of nitrogens with zero attached hydrogens (tertiary/aromatic N) is 1. The van der Waals surface area contributed by atoms with Crippen molar-refractivity contribution in [3.05, 3.63) is 60.0 Å². The number of hydrogen-bond acceptors (Lipinski definition) is 4. The Kier molecular flexibility index (Phi) is 6.12. The Morgan fingerprint density at radius 3 is 2.80 bits per heavy atom. The lowest BCUT2D eigenvalue weighted by molar-refractivity contribution is -0.121. The van der Waals surface area contributed by atoms with E-state index < -0.39 is 5.92 Å². The first-order valence-electron chi connectivity index (χ1n) is 10.5. The predicted molar refractivity (Wildman–Crippen MR) is 116 cm³/mol. The second kappa shape index (κ2) is 9.11. The van der Waals surface area contributed by atoms with Crippen LogP contribution in [0, 0.1) is 5.92 Å². The number of H-pyrrole nitrogens is 1. The van der Waals surface area contributed by atoms with Crippen LogP contribution < -0.4 is 10.1 Å². The summed E-state index contributed by atoms with van der Waals surface area (Å²) in [7, 11) is 1.61. The number of aromatic amines is 1. The van der Waals surface area contributed by atoms with E-state index in [9.17, 15) is 9.59 Å². The lowest BCUT2D eigenvalue weighted by Crippen LogP contribution is -2.37. The first kappa shape index (κ1) is 20.1. The van der Waals surface area contributed by atoms with Crippen molar-refractivity contribution in [3.8, 4) is 5.75 Å². The predicted octanol–water partition coefficient (Wildman–Crippen LogP) is 4.23. The smallest absolute Gasteiger partial charge is 0.235 e. The Morgan fingerprint density at radius 2 is 2.07 bits per heavy atom. The molecule has 1 aliphatic carbocycles. The van der Waals surface area contributed by atoms with Crippen molar-refractivity contribution in [3.63, 3.8) is 0 Å². The molecule has 30 heavy (non-hydrogen) atoms. The van der Waals surface area contributed by atoms with E-state index in [1.807, 2.05) is 18.2 Å². The molecule has 0 spiro atoms. The molecule has 0 bridgehead atoms.